The molecule has 2 aliphatic heterocycles. The van der Waals surface area contributed by atoms with Crippen molar-refractivity contribution in [1.29, 1.82) is 0 Å². The molecule has 2 heterocycles. The van der Waals surface area contributed by atoms with Gasteiger partial charge in [-0.15, -0.1) is 0 Å². The number of hydrogen-bond acceptors (Lipinski definition) is 6. The van der Waals surface area contributed by atoms with Gasteiger partial charge in [-0.05, 0) is 43.2 Å². The van der Waals surface area contributed by atoms with Crippen molar-refractivity contribution in [3.63, 3.8) is 0 Å². The summed E-state index contributed by atoms with van der Waals surface area (Å²) in [7, 11) is 3.25. The summed E-state index contributed by atoms with van der Waals surface area (Å²) >= 11 is 0.970. The van der Waals surface area contributed by atoms with Crippen LogP contribution in [-0.4, -0.2) is 49.9 Å². The fourth-order valence-corrected chi connectivity index (χ4v) is 4.14. The van der Waals surface area contributed by atoms with E-state index < -0.39 is 0 Å². The van der Waals surface area contributed by atoms with Crippen LogP contribution in [0, 0.1) is 0 Å². The molecule has 2 fully saturated rings. The highest BCUT2D eigenvalue weighted by atomic mass is 32.2. The Morgan fingerprint density at radius 1 is 1.12 bits per heavy atom. The quantitative estimate of drug-likeness (QED) is 0.705. The van der Waals surface area contributed by atoms with Crippen molar-refractivity contribution >= 4 is 34.7 Å². The van der Waals surface area contributed by atoms with Gasteiger partial charge in [-0.25, -0.2) is 0 Å². The van der Waals surface area contributed by atoms with E-state index in [4.69, 9.17) is 9.47 Å². The van der Waals surface area contributed by atoms with Gasteiger partial charge in [-0.3, -0.25) is 14.5 Å². The third-order valence-corrected chi connectivity index (χ3v) is 5.49. The van der Waals surface area contributed by atoms with Gasteiger partial charge < -0.3 is 14.4 Å². The topological polar surface area (TPSA) is 59.1 Å². The van der Waals surface area contributed by atoms with E-state index in [9.17, 15) is 9.59 Å². The van der Waals surface area contributed by atoms with Gasteiger partial charge in [0.05, 0.1) is 24.8 Å². The number of hydrogen-bond donors (Lipinski definition) is 0. The van der Waals surface area contributed by atoms with Crippen molar-refractivity contribution in [3.8, 4) is 11.5 Å². The third-order valence-electron chi connectivity index (χ3n) is 4.59. The number of amides is 2. The number of carbonyl (C=O) groups is 2. The van der Waals surface area contributed by atoms with Gasteiger partial charge >= 0.3 is 0 Å². The average Bonchev–Trinajstić information content (AvgIpc) is 3.26. The highest BCUT2D eigenvalue weighted by Gasteiger charge is 2.34. The number of rotatable bonds is 6. The summed E-state index contributed by atoms with van der Waals surface area (Å²) in [6.45, 7) is 4.37. The molecule has 2 saturated heterocycles. The van der Waals surface area contributed by atoms with Crippen LogP contribution >= 0.6 is 11.8 Å². The second kappa shape index (κ2) is 8.03. The maximum absolute atomic E-state index is 12.5. The van der Waals surface area contributed by atoms with E-state index in [1.54, 1.807) is 20.3 Å². The second-order valence-corrected chi connectivity index (χ2v) is 7.29. The minimum absolute atomic E-state index is 0.220. The fraction of sp³-hybridized carbons (Fsp3) is 0.474. The maximum atomic E-state index is 12.5. The second-order valence-electron chi connectivity index (χ2n) is 6.29. The van der Waals surface area contributed by atoms with Gasteiger partial charge in [0.1, 0.15) is 11.5 Å². The molecule has 2 aliphatic rings. The first-order valence-electron chi connectivity index (χ1n) is 8.85. The predicted molar refractivity (Wildman–Crippen MR) is 104 cm³/mol. The molecule has 26 heavy (non-hydrogen) atoms. The summed E-state index contributed by atoms with van der Waals surface area (Å²) < 4.78 is 11.1. The van der Waals surface area contributed by atoms with Crippen LogP contribution < -0.4 is 14.4 Å². The van der Waals surface area contributed by atoms with Gasteiger partial charge in [0.2, 0.25) is 0 Å². The molecular formula is C19H24N2O4S. The minimum atomic E-state index is -0.244. The molecule has 3 rings (SSSR count). The number of carbonyl (C=O) groups excluding carboxylic acids is 2. The Morgan fingerprint density at radius 2 is 1.81 bits per heavy atom. The van der Waals surface area contributed by atoms with Crippen molar-refractivity contribution in [2.45, 2.75) is 26.2 Å². The van der Waals surface area contributed by atoms with E-state index >= 15 is 0 Å². The molecule has 0 atom stereocenters. The molecule has 0 bridgehead atoms. The first-order valence-corrected chi connectivity index (χ1v) is 9.67. The van der Waals surface area contributed by atoms with Crippen LogP contribution in [-0.2, 0) is 4.79 Å². The number of nitrogens with zero attached hydrogens (tertiary/aromatic N) is 2. The molecule has 140 valence electrons. The van der Waals surface area contributed by atoms with Gasteiger partial charge in [-0.1, -0.05) is 6.92 Å². The lowest BCUT2D eigenvalue weighted by molar-refractivity contribution is -0.122. The molecule has 6 nitrogen and oxygen atoms in total. The van der Waals surface area contributed by atoms with Crippen molar-refractivity contribution in [2.24, 2.45) is 0 Å². The summed E-state index contributed by atoms with van der Waals surface area (Å²) in [5.74, 6) is 1.16. The highest BCUT2D eigenvalue weighted by Crippen LogP contribution is 2.40. The molecule has 1 aromatic carbocycles. The minimum Gasteiger partial charge on any atom is -0.496 e. The first kappa shape index (κ1) is 18.6. The molecule has 7 heteroatoms. The van der Waals surface area contributed by atoms with Crippen LogP contribution in [0.1, 0.15) is 31.7 Å². The Labute approximate surface area is 158 Å². The molecule has 0 radical (unpaired) electrons. The van der Waals surface area contributed by atoms with Crippen LogP contribution in [0.15, 0.2) is 17.0 Å². The lowest BCUT2D eigenvalue weighted by atomic mass is 10.1. The van der Waals surface area contributed by atoms with Crippen molar-refractivity contribution < 1.29 is 19.1 Å². The van der Waals surface area contributed by atoms with E-state index in [1.807, 2.05) is 19.1 Å². The van der Waals surface area contributed by atoms with E-state index in [1.165, 1.54) is 4.90 Å². The summed E-state index contributed by atoms with van der Waals surface area (Å²) in [5, 5.41) is -0.220. The summed E-state index contributed by atoms with van der Waals surface area (Å²) in [6.07, 6.45) is 4.79. The maximum Gasteiger partial charge on any atom is 0.293 e. The summed E-state index contributed by atoms with van der Waals surface area (Å²) in [4.78, 5) is 28.5. The van der Waals surface area contributed by atoms with Crippen LogP contribution in [0.5, 0.6) is 11.5 Å². The van der Waals surface area contributed by atoms with Crippen molar-refractivity contribution in [2.75, 3.05) is 38.8 Å². The van der Waals surface area contributed by atoms with Gasteiger partial charge in [0.15, 0.2) is 0 Å². The summed E-state index contributed by atoms with van der Waals surface area (Å²) in [5.41, 5.74) is 1.73. The predicted octanol–water partition coefficient (Wildman–Crippen LogP) is 3.75. The number of imide groups is 1. The Morgan fingerprint density at radius 3 is 2.42 bits per heavy atom. The first-order chi connectivity index (χ1) is 12.6. The monoisotopic (exact) mass is 376 g/mol. The molecule has 0 aliphatic carbocycles. The smallest absolute Gasteiger partial charge is 0.293 e. The zero-order chi connectivity index (χ0) is 18.7. The average molecular weight is 376 g/mol. The Hall–Kier alpha value is -2.15. The van der Waals surface area contributed by atoms with E-state index in [-0.39, 0.29) is 11.1 Å². The zero-order valence-electron chi connectivity index (χ0n) is 15.4. The van der Waals surface area contributed by atoms with Gasteiger partial charge in [0, 0.05) is 31.3 Å². The van der Waals surface area contributed by atoms with E-state index in [2.05, 4.69) is 4.90 Å². The molecule has 0 spiro atoms. The highest BCUT2D eigenvalue weighted by molar-refractivity contribution is 8.18. The molecule has 1 aromatic rings. The molecule has 0 saturated carbocycles. The molecule has 0 aromatic heterocycles. The largest absolute Gasteiger partial charge is 0.496 e. The normalized spacial score (nSPS) is 19.0. The SMILES string of the molecule is CCCN1C(=O)S/C(=C\c2cc(OC)c(N3CCCC3)cc2OC)C1=O. The zero-order valence-corrected chi connectivity index (χ0v) is 16.2. The number of benzene rings is 1. The van der Waals surface area contributed by atoms with Crippen molar-refractivity contribution in [1.82, 2.24) is 4.90 Å². The van der Waals surface area contributed by atoms with Crippen LogP contribution in [0.3, 0.4) is 0 Å². The standard InChI is InChI=1S/C19H24N2O4S/c1-4-7-21-18(22)17(26-19(21)23)11-13-10-16(25-3)14(12-15(13)24-2)20-8-5-6-9-20/h10-12H,4-9H2,1-3H3/b17-11-. The lowest BCUT2D eigenvalue weighted by Crippen LogP contribution is -2.28. The van der Waals surface area contributed by atoms with Crippen LogP contribution in [0.4, 0.5) is 10.5 Å². The van der Waals surface area contributed by atoms with Crippen LogP contribution in [0.25, 0.3) is 6.08 Å². The number of thioether (sulfide) groups is 1. The molecule has 0 unspecified atom stereocenters. The number of methoxy groups -OCH3 is 2. The molecular weight excluding hydrogens is 352 g/mol. The Balaban J connectivity index is 1.97. The van der Waals surface area contributed by atoms with E-state index in [0.29, 0.717) is 17.2 Å². The van der Waals surface area contributed by atoms with Crippen LogP contribution in [0.2, 0.25) is 0 Å². The Bertz CT molecular complexity index is 741. The van der Waals surface area contributed by atoms with E-state index in [0.717, 1.165) is 61.1 Å². The third kappa shape index (κ3) is 3.53. The van der Waals surface area contributed by atoms with Gasteiger partial charge in [-0.2, -0.15) is 0 Å². The van der Waals surface area contributed by atoms with Crippen molar-refractivity contribution in [3.05, 3.63) is 22.6 Å². The Kier molecular flexibility index (Phi) is 5.76. The molecule has 0 N–H and O–H groups in total. The lowest BCUT2D eigenvalue weighted by Gasteiger charge is -2.22. The van der Waals surface area contributed by atoms with Gasteiger partial charge in [0.25, 0.3) is 11.1 Å². The fourth-order valence-electron chi connectivity index (χ4n) is 3.28. The molecule has 2 amide bonds. The summed E-state index contributed by atoms with van der Waals surface area (Å²) in [6, 6.07) is 3.83. The number of anilines is 1. The number of ether oxygens (including phenoxy) is 2.